The second-order valence-corrected chi connectivity index (χ2v) is 6.78. The molecular weight excluding hydrogens is 286 g/mol. The first-order valence-electron chi connectivity index (χ1n) is 6.26. The molecule has 2 aliphatic rings. The van der Waals surface area contributed by atoms with Crippen LogP contribution in [-0.4, -0.2) is 19.8 Å². The van der Waals surface area contributed by atoms with E-state index in [0.717, 1.165) is 5.56 Å². The van der Waals surface area contributed by atoms with Crippen LogP contribution in [0.5, 0.6) is 0 Å². The Hall–Kier alpha value is -2.52. The topological polar surface area (TPSA) is 82.7 Å². The summed E-state index contributed by atoms with van der Waals surface area (Å²) in [6, 6.07) is 8.57. The van der Waals surface area contributed by atoms with Crippen molar-refractivity contribution in [2.45, 2.75) is 18.7 Å². The molecule has 0 N–H and O–H groups in total. The first-order chi connectivity index (χ1) is 9.95. The Morgan fingerprint density at radius 2 is 1.76 bits per heavy atom. The summed E-state index contributed by atoms with van der Waals surface area (Å²) < 4.78 is 25.6. The van der Waals surface area contributed by atoms with Crippen LogP contribution < -0.4 is 0 Å². The molecule has 0 atom stereocenters. The van der Waals surface area contributed by atoms with E-state index in [0.29, 0.717) is 11.1 Å². The molecule has 0 amide bonds. The van der Waals surface area contributed by atoms with E-state index in [9.17, 15) is 8.42 Å². The Morgan fingerprint density at radius 1 is 1.10 bits per heavy atom. The summed E-state index contributed by atoms with van der Waals surface area (Å²) in [6.07, 6.45) is 1.65. The number of nitrogens with zero attached hydrogens (tertiary/aromatic N) is 3. The van der Waals surface area contributed by atoms with E-state index in [-0.39, 0.29) is 21.2 Å². The van der Waals surface area contributed by atoms with Crippen LogP contribution >= 0.6 is 0 Å². The molecule has 1 aliphatic carbocycles. The molecule has 21 heavy (non-hydrogen) atoms. The fourth-order valence-corrected chi connectivity index (χ4v) is 3.97. The van der Waals surface area contributed by atoms with Crippen molar-refractivity contribution in [2.24, 2.45) is 10.2 Å². The van der Waals surface area contributed by atoms with Crippen molar-refractivity contribution in [1.29, 1.82) is 5.26 Å². The number of hydrogen-bond donors (Lipinski definition) is 0. The van der Waals surface area contributed by atoms with Crippen molar-refractivity contribution in [3.8, 4) is 6.07 Å². The Balaban J connectivity index is 2.09. The van der Waals surface area contributed by atoms with Crippen LogP contribution in [0, 0.1) is 18.3 Å². The molecule has 0 aromatic heterocycles. The zero-order valence-electron chi connectivity index (χ0n) is 11.5. The largest absolute Gasteiger partial charge is 0.218 e. The summed E-state index contributed by atoms with van der Waals surface area (Å²) in [5.74, 6) is 0. The second-order valence-electron chi connectivity index (χ2n) is 4.90. The van der Waals surface area contributed by atoms with Crippen LogP contribution in [0.4, 0.5) is 0 Å². The van der Waals surface area contributed by atoms with Gasteiger partial charge in [0.1, 0.15) is 16.7 Å². The van der Waals surface area contributed by atoms with Gasteiger partial charge in [0.2, 0.25) is 9.84 Å². The molecule has 1 aromatic carbocycles. The third-order valence-corrected chi connectivity index (χ3v) is 5.35. The molecule has 3 rings (SSSR count). The number of hydrogen-bond acceptors (Lipinski definition) is 5. The number of allylic oxidation sites excluding steroid dienone is 4. The lowest BCUT2D eigenvalue weighted by atomic mass is 10.1. The minimum Gasteiger partial charge on any atom is -0.218 e. The number of benzene rings is 1. The molecule has 0 saturated heterocycles. The van der Waals surface area contributed by atoms with Gasteiger partial charge >= 0.3 is 0 Å². The van der Waals surface area contributed by atoms with E-state index >= 15 is 0 Å². The van der Waals surface area contributed by atoms with Gasteiger partial charge in [0.25, 0.3) is 0 Å². The van der Waals surface area contributed by atoms with Crippen molar-refractivity contribution >= 4 is 21.3 Å². The van der Waals surface area contributed by atoms with Gasteiger partial charge in [-0.1, -0.05) is 17.7 Å². The molecule has 5 nitrogen and oxygen atoms in total. The van der Waals surface area contributed by atoms with E-state index in [1.165, 1.54) is 0 Å². The van der Waals surface area contributed by atoms with Gasteiger partial charge in [0, 0.05) is 5.57 Å². The average molecular weight is 297 g/mol. The van der Waals surface area contributed by atoms with Gasteiger partial charge in [0.05, 0.1) is 4.90 Å². The van der Waals surface area contributed by atoms with Gasteiger partial charge in [-0.05, 0) is 37.6 Å². The summed E-state index contributed by atoms with van der Waals surface area (Å²) in [5, 5.41) is 16.6. The van der Waals surface area contributed by atoms with Crippen LogP contribution in [0.1, 0.15) is 12.5 Å². The molecule has 0 radical (unpaired) electrons. The standard InChI is InChI=1S/C15H11N3O2S/c1-9-3-5-11(6-4-9)21(19,20)15-10(2)7-12-13(8-16)17-18-14(12)15/h3-7H,1-2H3. The van der Waals surface area contributed by atoms with E-state index in [2.05, 4.69) is 10.2 Å². The third kappa shape index (κ3) is 1.94. The molecule has 1 aliphatic heterocycles. The minimum atomic E-state index is -3.68. The number of fused-ring (bicyclic) bond motifs is 1. The Kier molecular flexibility index (Phi) is 2.88. The van der Waals surface area contributed by atoms with Crippen molar-refractivity contribution < 1.29 is 8.42 Å². The Morgan fingerprint density at radius 3 is 2.38 bits per heavy atom. The molecule has 104 valence electrons. The van der Waals surface area contributed by atoms with Crippen molar-refractivity contribution in [3.63, 3.8) is 0 Å². The minimum absolute atomic E-state index is 0.135. The Bertz CT molecular complexity index is 909. The summed E-state index contributed by atoms with van der Waals surface area (Å²) >= 11 is 0. The zero-order valence-corrected chi connectivity index (χ0v) is 12.3. The maximum absolute atomic E-state index is 12.8. The fourth-order valence-electron chi connectivity index (χ4n) is 2.35. The quantitative estimate of drug-likeness (QED) is 0.839. The highest BCUT2D eigenvalue weighted by Crippen LogP contribution is 2.34. The molecule has 0 saturated carbocycles. The normalized spacial score (nSPS) is 17.1. The first kappa shape index (κ1) is 13.5. The maximum Gasteiger partial charge on any atom is 0.209 e. The van der Waals surface area contributed by atoms with E-state index in [1.807, 2.05) is 13.0 Å². The van der Waals surface area contributed by atoms with Gasteiger partial charge in [-0.15, -0.1) is 10.2 Å². The molecule has 1 aromatic rings. The molecule has 1 heterocycles. The second kappa shape index (κ2) is 4.50. The van der Waals surface area contributed by atoms with E-state index in [4.69, 9.17) is 5.26 Å². The molecular formula is C15H11N3O2S. The summed E-state index contributed by atoms with van der Waals surface area (Å²) in [6.45, 7) is 3.59. The lowest BCUT2D eigenvalue weighted by molar-refractivity contribution is 0.603. The number of nitriles is 1. The molecule has 0 spiro atoms. The van der Waals surface area contributed by atoms with Crippen LogP contribution in [0.3, 0.4) is 0 Å². The summed E-state index contributed by atoms with van der Waals surface area (Å²) in [7, 11) is -3.68. The Labute approximate surface area is 122 Å². The van der Waals surface area contributed by atoms with E-state index < -0.39 is 9.84 Å². The monoisotopic (exact) mass is 297 g/mol. The number of rotatable bonds is 2. The SMILES string of the molecule is CC1=C(S(=O)(=O)c2ccc(C)cc2)C2=NN=C(C#N)C2=C1. The van der Waals surface area contributed by atoms with Crippen LogP contribution in [-0.2, 0) is 9.84 Å². The lowest BCUT2D eigenvalue weighted by Crippen LogP contribution is -2.14. The fraction of sp³-hybridized carbons (Fsp3) is 0.133. The van der Waals surface area contributed by atoms with Crippen LogP contribution in [0.2, 0.25) is 0 Å². The highest BCUT2D eigenvalue weighted by Gasteiger charge is 2.37. The average Bonchev–Trinajstić information content (AvgIpc) is 2.96. The van der Waals surface area contributed by atoms with Crippen molar-refractivity contribution in [3.05, 3.63) is 52.0 Å². The molecule has 0 unspecified atom stereocenters. The lowest BCUT2D eigenvalue weighted by Gasteiger charge is -2.08. The molecule has 0 bridgehead atoms. The van der Waals surface area contributed by atoms with Gasteiger partial charge in [-0.25, -0.2) is 8.42 Å². The third-order valence-electron chi connectivity index (χ3n) is 3.40. The van der Waals surface area contributed by atoms with E-state index in [1.54, 1.807) is 37.3 Å². The predicted molar refractivity (Wildman–Crippen MR) is 79.6 cm³/mol. The highest BCUT2D eigenvalue weighted by molar-refractivity contribution is 7.96. The van der Waals surface area contributed by atoms with Gasteiger partial charge in [-0.3, -0.25) is 0 Å². The summed E-state index contributed by atoms with van der Waals surface area (Å²) in [5.41, 5.74) is 2.47. The van der Waals surface area contributed by atoms with Gasteiger partial charge in [0.15, 0.2) is 5.71 Å². The van der Waals surface area contributed by atoms with Crippen molar-refractivity contribution in [1.82, 2.24) is 0 Å². The molecule has 0 fully saturated rings. The molecule has 6 heteroatoms. The number of aryl methyl sites for hydroxylation is 1. The highest BCUT2D eigenvalue weighted by atomic mass is 32.2. The van der Waals surface area contributed by atoms with Gasteiger partial charge in [-0.2, -0.15) is 5.26 Å². The van der Waals surface area contributed by atoms with Crippen LogP contribution in [0.15, 0.2) is 61.5 Å². The van der Waals surface area contributed by atoms with Crippen molar-refractivity contribution in [2.75, 3.05) is 0 Å². The van der Waals surface area contributed by atoms with Gasteiger partial charge < -0.3 is 0 Å². The summed E-state index contributed by atoms with van der Waals surface area (Å²) in [4.78, 5) is 0.348. The van der Waals surface area contributed by atoms with Crippen LogP contribution in [0.25, 0.3) is 0 Å². The zero-order chi connectivity index (χ0) is 15.2. The predicted octanol–water partition coefficient (Wildman–Crippen LogP) is 2.32. The smallest absolute Gasteiger partial charge is 0.209 e. The maximum atomic E-state index is 12.8. The first-order valence-corrected chi connectivity index (χ1v) is 7.74. The number of sulfone groups is 1.